The van der Waals surface area contributed by atoms with Gasteiger partial charge in [-0.25, -0.2) is 8.42 Å². The quantitative estimate of drug-likeness (QED) is 0.437. The van der Waals surface area contributed by atoms with Crippen LogP contribution in [0.15, 0.2) is 26.0 Å². The lowest BCUT2D eigenvalue weighted by atomic mass is 10.2. The summed E-state index contributed by atoms with van der Waals surface area (Å²) in [6, 6.07) is 3.20. The van der Waals surface area contributed by atoms with Crippen molar-refractivity contribution in [3.05, 3.63) is 21.1 Å². The van der Waals surface area contributed by atoms with Gasteiger partial charge in [0.2, 0.25) is 0 Å². The predicted molar refractivity (Wildman–Crippen MR) is 92.7 cm³/mol. The molecule has 0 spiro atoms. The minimum atomic E-state index is -3.89. The second-order valence-corrected chi connectivity index (χ2v) is 15.0. The molecule has 0 aliphatic heterocycles. The molecule has 20 heavy (non-hydrogen) atoms. The fraction of sp³-hybridized carbons (Fsp3) is 0.500. The van der Waals surface area contributed by atoms with Crippen molar-refractivity contribution in [3.8, 4) is 5.75 Å². The Balaban J connectivity index is 3.47. The fourth-order valence-electron chi connectivity index (χ4n) is 1.23. The van der Waals surface area contributed by atoms with E-state index in [2.05, 4.69) is 52.6 Å². The molecule has 8 heteroatoms. The van der Waals surface area contributed by atoms with E-state index in [0.717, 1.165) is 0 Å². The number of rotatable bonds is 3. The molecule has 0 amide bonds. The number of hydrogen-bond acceptors (Lipinski definition) is 3. The van der Waals surface area contributed by atoms with E-state index in [0.29, 0.717) is 8.95 Å². The van der Waals surface area contributed by atoms with Gasteiger partial charge in [-0.05, 0) is 46.2 Å². The van der Waals surface area contributed by atoms with Crippen molar-refractivity contribution in [2.24, 2.45) is 0 Å². The highest BCUT2D eigenvalue weighted by molar-refractivity contribution is 9.11. The summed E-state index contributed by atoms with van der Waals surface area (Å²) in [6.45, 7) is 10.3. The van der Waals surface area contributed by atoms with E-state index in [1.807, 2.05) is 13.1 Å². The second kappa shape index (κ2) is 5.91. The van der Waals surface area contributed by atoms with Gasteiger partial charge < -0.3 is 4.43 Å². The van der Waals surface area contributed by atoms with Crippen LogP contribution in [0.3, 0.4) is 0 Å². The van der Waals surface area contributed by atoms with Gasteiger partial charge >= 0.3 is 0 Å². The largest absolute Gasteiger partial charge is 0.542 e. The molecule has 0 unspecified atom stereocenters. The van der Waals surface area contributed by atoms with Crippen LogP contribution in [-0.2, 0) is 9.05 Å². The maximum absolute atomic E-state index is 11.8. The molecule has 0 aliphatic rings. The maximum Gasteiger partial charge on any atom is 0.265 e. The van der Waals surface area contributed by atoms with Gasteiger partial charge in [0.15, 0.2) is 0 Å². The number of hydrogen-bond donors (Lipinski definition) is 0. The number of halogens is 3. The minimum Gasteiger partial charge on any atom is -0.542 e. The molecule has 1 aromatic rings. The lowest BCUT2D eigenvalue weighted by Crippen LogP contribution is -2.44. The first-order chi connectivity index (χ1) is 8.75. The number of benzene rings is 1. The monoisotopic (exact) mass is 462 g/mol. The van der Waals surface area contributed by atoms with Crippen molar-refractivity contribution in [2.75, 3.05) is 0 Å². The van der Waals surface area contributed by atoms with Crippen LogP contribution in [0.1, 0.15) is 20.8 Å². The van der Waals surface area contributed by atoms with Crippen LogP contribution in [0, 0.1) is 0 Å². The SMILES string of the molecule is CC(C)(C)[Si](C)(C)Oc1c(Br)cc(Br)cc1S(=O)(=O)Cl. The molecular weight excluding hydrogens is 448 g/mol. The minimum absolute atomic E-state index is 0.0229. The summed E-state index contributed by atoms with van der Waals surface area (Å²) in [6.07, 6.45) is 0. The van der Waals surface area contributed by atoms with Crippen LogP contribution in [-0.4, -0.2) is 16.7 Å². The highest BCUT2D eigenvalue weighted by Gasteiger charge is 2.40. The standard InChI is InChI=1S/C12H17Br2ClO3SSi/c1-12(2,3)20(4,5)18-11-9(14)6-8(13)7-10(11)19(15,16)17/h6-7H,1-5H3. The van der Waals surface area contributed by atoms with Crippen molar-refractivity contribution in [2.45, 2.75) is 43.8 Å². The molecule has 1 aromatic carbocycles. The third kappa shape index (κ3) is 4.22. The summed E-state index contributed by atoms with van der Waals surface area (Å²) in [5.74, 6) is 0.287. The van der Waals surface area contributed by atoms with Crippen molar-refractivity contribution < 1.29 is 12.8 Å². The lowest BCUT2D eigenvalue weighted by Gasteiger charge is -2.37. The molecule has 0 aliphatic carbocycles. The van der Waals surface area contributed by atoms with Crippen LogP contribution in [0.2, 0.25) is 18.1 Å². The van der Waals surface area contributed by atoms with E-state index in [1.165, 1.54) is 6.07 Å². The first-order valence-electron chi connectivity index (χ1n) is 5.88. The third-order valence-electron chi connectivity index (χ3n) is 3.40. The molecule has 0 heterocycles. The van der Waals surface area contributed by atoms with Crippen molar-refractivity contribution >= 4 is 59.9 Å². The first-order valence-corrected chi connectivity index (χ1v) is 12.7. The zero-order valence-corrected chi connectivity index (χ0v) is 17.7. The Morgan fingerprint density at radius 1 is 1.20 bits per heavy atom. The van der Waals surface area contributed by atoms with Gasteiger partial charge in [-0.15, -0.1) is 0 Å². The molecular formula is C12H17Br2ClO3SSi. The van der Waals surface area contributed by atoms with Gasteiger partial charge in [-0.2, -0.15) is 0 Å². The summed E-state index contributed by atoms with van der Waals surface area (Å²) in [7, 11) is -0.543. The van der Waals surface area contributed by atoms with Gasteiger partial charge in [0.1, 0.15) is 10.6 Å². The van der Waals surface area contributed by atoms with Gasteiger partial charge in [0.25, 0.3) is 17.4 Å². The zero-order valence-electron chi connectivity index (χ0n) is 11.9. The highest BCUT2D eigenvalue weighted by Crippen LogP contribution is 2.43. The lowest BCUT2D eigenvalue weighted by molar-refractivity contribution is 0.478. The zero-order chi connectivity index (χ0) is 15.9. The van der Waals surface area contributed by atoms with Crippen molar-refractivity contribution in [3.63, 3.8) is 0 Å². The normalized spacial score (nSPS) is 13.4. The van der Waals surface area contributed by atoms with Crippen molar-refractivity contribution in [1.29, 1.82) is 0 Å². The van der Waals surface area contributed by atoms with Crippen LogP contribution < -0.4 is 4.43 Å². The van der Waals surface area contributed by atoms with Crippen LogP contribution in [0.25, 0.3) is 0 Å². The van der Waals surface area contributed by atoms with E-state index in [1.54, 1.807) is 6.07 Å². The van der Waals surface area contributed by atoms with E-state index in [4.69, 9.17) is 15.1 Å². The molecule has 0 bridgehead atoms. The highest BCUT2D eigenvalue weighted by atomic mass is 79.9. The average molecular weight is 465 g/mol. The topological polar surface area (TPSA) is 43.4 Å². The summed E-state index contributed by atoms with van der Waals surface area (Å²) in [4.78, 5) is -0.0229. The molecule has 0 aromatic heterocycles. The Morgan fingerprint density at radius 2 is 1.70 bits per heavy atom. The summed E-state index contributed by atoms with van der Waals surface area (Å²) in [5.41, 5.74) is 0. The molecule has 0 fully saturated rings. The molecule has 0 saturated heterocycles. The second-order valence-electron chi connectivity index (χ2n) is 6.02. The summed E-state index contributed by atoms with van der Waals surface area (Å²) < 4.78 is 30.8. The van der Waals surface area contributed by atoms with Crippen molar-refractivity contribution in [1.82, 2.24) is 0 Å². The van der Waals surface area contributed by atoms with Gasteiger partial charge in [-0.3, -0.25) is 0 Å². The fourth-order valence-corrected chi connectivity index (χ4v) is 5.06. The third-order valence-corrected chi connectivity index (χ3v) is 10.1. The average Bonchev–Trinajstić information content (AvgIpc) is 2.18. The van der Waals surface area contributed by atoms with E-state index < -0.39 is 17.4 Å². The van der Waals surface area contributed by atoms with Gasteiger partial charge in [-0.1, -0.05) is 36.7 Å². The molecule has 0 saturated carbocycles. The molecule has 0 radical (unpaired) electrons. The predicted octanol–water partition coefficient (Wildman–Crippen LogP) is 5.52. The van der Waals surface area contributed by atoms with Crippen LogP contribution in [0.4, 0.5) is 0 Å². The maximum atomic E-state index is 11.8. The first kappa shape index (κ1) is 18.5. The van der Waals surface area contributed by atoms with Crippen LogP contribution in [0.5, 0.6) is 5.75 Å². The summed E-state index contributed by atoms with van der Waals surface area (Å²) in [5, 5.41) is -0.0488. The van der Waals surface area contributed by atoms with E-state index in [9.17, 15) is 8.42 Å². The van der Waals surface area contributed by atoms with Gasteiger partial charge in [0, 0.05) is 15.2 Å². The Labute approximate surface area is 142 Å². The molecule has 0 atom stereocenters. The molecule has 0 N–H and O–H groups in total. The smallest absolute Gasteiger partial charge is 0.265 e. The Morgan fingerprint density at radius 3 is 2.10 bits per heavy atom. The molecule has 114 valence electrons. The van der Waals surface area contributed by atoms with Crippen LogP contribution >= 0.6 is 42.5 Å². The molecule has 3 nitrogen and oxygen atoms in total. The van der Waals surface area contributed by atoms with E-state index >= 15 is 0 Å². The Hall–Kier alpha value is 0.437. The van der Waals surface area contributed by atoms with E-state index in [-0.39, 0.29) is 15.7 Å². The molecule has 1 rings (SSSR count). The Bertz CT molecular complexity index is 624. The summed E-state index contributed by atoms with van der Waals surface area (Å²) >= 11 is 6.62. The Kier molecular flexibility index (Phi) is 5.46. The van der Waals surface area contributed by atoms with Gasteiger partial charge in [0.05, 0.1) is 4.47 Å².